The zero-order valence-corrected chi connectivity index (χ0v) is 12.8. The summed E-state index contributed by atoms with van der Waals surface area (Å²) in [7, 11) is 0. The average molecular weight is 307 g/mol. The molecule has 0 saturated heterocycles. The molecule has 6 nitrogen and oxygen atoms in total. The van der Waals surface area contributed by atoms with E-state index < -0.39 is 12.1 Å². The molecule has 1 amide bonds. The van der Waals surface area contributed by atoms with Crippen LogP contribution >= 0.6 is 0 Å². The molecule has 0 bridgehead atoms. The van der Waals surface area contributed by atoms with Crippen LogP contribution in [0.25, 0.3) is 0 Å². The van der Waals surface area contributed by atoms with Crippen LogP contribution in [0.15, 0.2) is 24.3 Å². The molecule has 0 aromatic heterocycles. The largest absolute Gasteiger partial charge is 0.490 e. The second-order valence-corrected chi connectivity index (χ2v) is 5.08. The first-order chi connectivity index (χ1) is 10.6. The summed E-state index contributed by atoms with van der Waals surface area (Å²) in [5.74, 6) is 0.170. The fourth-order valence-electron chi connectivity index (χ4n) is 1.81. The summed E-state index contributed by atoms with van der Waals surface area (Å²) < 4.78 is 15.8. The molecule has 1 saturated carbocycles. The van der Waals surface area contributed by atoms with E-state index in [-0.39, 0.29) is 18.6 Å². The highest BCUT2D eigenvalue weighted by molar-refractivity contribution is 5.84. The van der Waals surface area contributed by atoms with Crippen molar-refractivity contribution in [3.8, 4) is 11.5 Å². The first kappa shape index (κ1) is 16.1. The van der Waals surface area contributed by atoms with E-state index in [0.29, 0.717) is 18.1 Å². The van der Waals surface area contributed by atoms with E-state index in [1.54, 1.807) is 25.1 Å². The van der Waals surface area contributed by atoms with E-state index >= 15 is 0 Å². The summed E-state index contributed by atoms with van der Waals surface area (Å²) in [5, 5.41) is 2.78. The van der Waals surface area contributed by atoms with Crippen molar-refractivity contribution in [1.29, 1.82) is 0 Å². The summed E-state index contributed by atoms with van der Waals surface area (Å²) in [4.78, 5) is 23.4. The Labute approximate surface area is 129 Å². The number of nitrogens with one attached hydrogen (secondary N) is 1. The maximum atomic E-state index is 11.7. The van der Waals surface area contributed by atoms with Crippen LogP contribution in [-0.2, 0) is 14.3 Å². The number of amides is 1. The van der Waals surface area contributed by atoms with Crippen molar-refractivity contribution in [2.24, 2.45) is 0 Å². The Morgan fingerprint density at radius 3 is 2.45 bits per heavy atom. The first-order valence-electron chi connectivity index (χ1n) is 7.44. The minimum Gasteiger partial charge on any atom is -0.490 e. The SMILES string of the molecule is CCOc1ccccc1OCC(=O)O[C@@H](C)C(=O)NC1CC1. The monoisotopic (exact) mass is 307 g/mol. The molecule has 1 N–H and O–H groups in total. The minimum absolute atomic E-state index is 0.239. The molecular weight excluding hydrogens is 286 g/mol. The van der Waals surface area contributed by atoms with E-state index in [1.807, 2.05) is 13.0 Å². The molecule has 1 atom stereocenters. The van der Waals surface area contributed by atoms with Gasteiger partial charge < -0.3 is 19.5 Å². The van der Waals surface area contributed by atoms with Gasteiger partial charge in [-0.25, -0.2) is 4.79 Å². The van der Waals surface area contributed by atoms with Crippen LogP contribution in [0.2, 0.25) is 0 Å². The molecule has 2 rings (SSSR count). The highest BCUT2D eigenvalue weighted by Crippen LogP contribution is 2.26. The molecule has 120 valence electrons. The smallest absolute Gasteiger partial charge is 0.344 e. The molecule has 0 heterocycles. The Bertz CT molecular complexity index is 527. The normalized spacial score (nSPS) is 14.8. The zero-order valence-electron chi connectivity index (χ0n) is 12.8. The number of esters is 1. The lowest BCUT2D eigenvalue weighted by atomic mass is 10.3. The topological polar surface area (TPSA) is 73.9 Å². The second kappa shape index (κ2) is 7.68. The summed E-state index contributed by atoms with van der Waals surface area (Å²) in [6.07, 6.45) is 1.16. The average Bonchev–Trinajstić information content (AvgIpc) is 3.30. The molecule has 0 spiro atoms. The summed E-state index contributed by atoms with van der Waals surface area (Å²) in [5.41, 5.74) is 0. The predicted molar refractivity (Wildman–Crippen MR) is 79.8 cm³/mol. The van der Waals surface area contributed by atoms with Crippen molar-refractivity contribution in [2.45, 2.75) is 38.8 Å². The summed E-state index contributed by atoms with van der Waals surface area (Å²) in [6, 6.07) is 7.31. The third kappa shape index (κ3) is 4.95. The fraction of sp³-hybridized carbons (Fsp3) is 0.500. The molecule has 1 aromatic rings. The van der Waals surface area contributed by atoms with Crippen LogP contribution in [-0.4, -0.2) is 37.2 Å². The van der Waals surface area contributed by atoms with Gasteiger partial charge in [0.2, 0.25) is 0 Å². The van der Waals surface area contributed by atoms with Crippen LogP contribution < -0.4 is 14.8 Å². The predicted octanol–water partition coefficient (Wildman–Crippen LogP) is 1.67. The third-order valence-electron chi connectivity index (χ3n) is 3.10. The van der Waals surface area contributed by atoms with Crippen LogP contribution in [0.3, 0.4) is 0 Å². The fourth-order valence-corrected chi connectivity index (χ4v) is 1.81. The third-order valence-corrected chi connectivity index (χ3v) is 3.10. The van der Waals surface area contributed by atoms with Gasteiger partial charge in [0.1, 0.15) is 0 Å². The van der Waals surface area contributed by atoms with Gasteiger partial charge in [0, 0.05) is 6.04 Å². The van der Waals surface area contributed by atoms with E-state index in [1.165, 1.54) is 0 Å². The van der Waals surface area contributed by atoms with E-state index in [4.69, 9.17) is 14.2 Å². The molecule has 1 aliphatic rings. The number of carbonyl (C=O) groups is 2. The van der Waals surface area contributed by atoms with Gasteiger partial charge in [-0.2, -0.15) is 0 Å². The standard InChI is InChI=1S/C16H21NO5/c1-3-20-13-6-4-5-7-14(13)21-10-15(18)22-11(2)16(19)17-12-8-9-12/h4-7,11-12H,3,8-10H2,1-2H3,(H,17,19)/t11-/m0/s1. The van der Waals surface area contributed by atoms with E-state index in [2.05, 4.69) is 5.32 Å². The Hall–Kier alpha value is -2.24. The van der Waals surface area contributed by atoms with Crippen molar-refractivity contribution in [3.05, 3.63) is 24.3 Å². The Morgan fingerprint density at radius 2 is 1.86 bits per heavy atom. The number of hydrogen-bond acceptors (Lipinski definition) is 5. The lowest BCUT2D eigenvalue weighted by Crippen LogP contribution is -2.37. The van der Waals surface area contributed by atoms with E-state index in [0.717, 1.165) is 12.8 Å². The number of benzene rings is 1. The maximum absolute atomic E-state index is 11.7. The second-order valence-electron chi connectivity index (χ2n) is 5.08. The van der Waals surface area contributed by atoms with Gasteiger partial charge >= 0.3 is 5.97 Å². The number of hydrogen-bond donors (Lipinski definition) is 1. The summed E-state index contributed by atoms with van der Waals surface area (Å²) >= 11 is 0. The molecular formula is C16H21NO5. The van der Waals surface area contributed by atoms with Gasteiger partial charge in [0.25, 0.3) is 5.91 Å². The minimum atomic E-state index is -0.821. The molecule has 6 heteroatoms. The van der Waals surface area contributed by atoms with E-state index in [9.17, 15) is 9.59 Å². The van der Waals surface area contributed by atoms with Crippen LogP contribution in [0, 0.1) is 0 Å². The van der Waals surface area contributed by atoms with Gasteiger partial charge in [-0.1, -0.05) is 12.1 Å². The van der Waals surface area contributed by atoms with Crippen molar-refractivity contribution in [3.63, 3.8) is 0 Å². The quantitative estimate of drug-likeness (QED) is 0.740. The molecule has 1 aliphatic carbocycles. The Morgan fingerprint density at radius 1 is 1.23 bits per heavy atom. The van der Waals surface area contributed by atoms with Crippen molar-refractivity contribution in [1.82, 2.24) is 5.32 Å². The number of carbonyl (C=O) groups excluding carboxylic acids is 2. The zero-order chi connectivity index (χ0) is 15.9. The van der Waals surface area contributed by atoms with Gasteiger partial charge in [-0.15, -0.1) is 0 Å². The molecule has 0 radical (unpaired) electrons. The lowest BCUT2D eigenvalue weighted by molar-refractivity contribution is -0.156. The molecule has 0 aliphatic heterocycles. The van der Waals surface area contributed by atoms with Crippen LogP contribution in [0.4, 0.5) is 0 Å². The highest BCUT2D eigenvalue weighted by Gasteiger charge is 2.27. The number of rotatable bonds is 8. The number of para-hydroxylation sites is 2. The van der Waals surface area contributed by atoms with Gasteiger partial charge in [-0.05, 0) is 38.8 Å². The lowest BCUT2D eigenvalue weighted by Gasteiger charge is -2.14. The molecule has 22 heavy (non-hydrogen) atoms. The molecule has 0 unspecified atom stereocenters. The number of ether oxygens (including phenoxy) is 3. The Balaban J connectivity index is 1.78. The van der Waals surface area contributed by atoms with Crippen LogP contribution in [0.1, 0.15) is 26.7 Å². The van der Waals surface area contributed by atoms with Crippen molar-refractivity contribution in [2.75, 3.05) is 13.2 Å². The molecule has 1 aromatic carbocycles. The van der Waals surface area contributed by atoms with Crippen molar-refractivity contribution < 1.29 is 23.8 Å². The van der Waals surface area contributed by atoms with Crippen LogP contribution in [0.5, 0.6) is 11.5 Å². The summed E-state index contributed by atoms with van der Waals surface area (Å²) in [6.45, 7) is 3.64. The Kier molecular flexibility index (Phi) is 5.63. The van der Waals surface area contributed by atoms with Crippen molar-refractivity contribution >= 4 is 11.9 Å². The van der Waals surface area contributed by atoms with Gasteiger partial charge in [0.05, 0.1) is 6.61 Å². The highest BCUT2D eigenvalue weighted by atomic mass is 16.6. The van der Waals surface area contributed by atoms with Gasteiger partial charge in [0.15, 0.2) is 24.2 Å². The van der Waals surface area contributed by atoms with Gasteiger partial charge in [-0.3, -0.25) is 4.79 Å². The molecule has 1 fully saturated rings. The maximum Gasteiger partial charge on any atom is 0.344 e. The first-order valence-corrected chi connectivity index (χ1v) is 7.44.